The minimum absolute atomic E-state index is 1.03. The first-order chi connectivity index (χ1) is 9.01. The molecule has 122 valence electrons. The number of hydrogen-bond acceptors (Lipinski definition) is 2. The molecule has 0 unspecified atom stereocenters. The van der Waals surface area contributed by atoms with Gasteiger partial charge in [0.15, 0.2) is 0 Å². The third kappa shape index (κ3) is 7.82. The van der Waals surface area contributed by atoms with Crippen LogP contribution in [0.3, 0.4) is 0 Å². The Hall–Kier alpha value is -0.653. The molecule has 6 heteroatoms. The Labute approximate surface area is 124 Å². The first kappa shape index (κ1) is 19.3. The predicted octanol–water partition coefficient (Wildman–Crippen LogP) is 3.26. The van der Waals surface area contributed by atoms with Crippen molar-refractivity contribution >= 4 is 14.0 Å². The Bertz CT molecular complexity index is 314. The van der Waals surface area contributed by atoms with Crippen LogP contribution in [-0.2, 0) is 0 Å². The van der Waals surface area contributed by atoms with Gasteiger partial charge in [0.2, 0.25) is 0 Å². The summed E-state index contributed by atoms with van der Waals surface area (Å²) in [7, 11) is -4.25. The molecule has 0 saturated carbocycles. The molecule has 3 nitrogen and oxygen atoms in total. The average Bonchev–Trinajstić information content (AvgIpc) is 2.70. The molecule has 1 rings (SSSR count). The molecular weight excluding hydrogens is 276 g/mol. The van der Waals surface area contributed by atoms with Crippen LogP contribution in [0.25, 0.3) is 0 Å². The quantitative estimate of drug-likeness (QED) is 0.448. The second-order valence-electron chi connectivity index (χ2n) is 6.34. The normalized spacial score (nSPS) is 17.4. The molecule has 1 heterocycles. The van der Waals surface area contributed by atoms with Crippen LogP contribution < -0.4 is 0 Å². The van der Waals surface area contributed by atoms with Crippen LogP contribution in [0.15, 0.2) is 0 Å². The summed E-state index contributed by atoms with van der Waals surface area (Å²) in [4.78, 5) is 4.94. The van der Waals surface area contributed by atoms with E-state index in [0.717, 1.165) is 45.8 Å². The van der Waals surface area contributed by atoms with Crippen LogP contribution in [0.5, 0.6) is 0 Å². The van der Waals surface area contributed by atoms with Gasteiger partial charge >= 0.3 is 41.8 Å². The molecule has 0 aromatic carbocycles. The molecule has 0 atom stereocenters. The molecule has 0 aromatic heterocycles. The van der Waals surface area contributed by atoms with Crippen LogP contribution >= 0.6 is 0 Å². The summed E-state index contributed by atoms with van der Waals surface area (Å²) in [5.41, 5.74) is 0. The van der Waals surface area contributed by atoms with Crippen LogP contribution in [0.1, 0.15) is 27.7 Å². The summed E-state index contributed by atoms with van der Waals surface area (Å²) >= 11 is 0. The van der Waals surface area contributed by atoms with Crippen LogP contribution in [0.2, 0.25) is 19.6 Å². The van der Waals surface area contributed by atoms with Crippen molar-refractivity contribution in [1.29, 1.82) is 0 Å². The molecule has 0 fully saturated rings. The maximum absolute atomic E-state index is 11.9. The number of guanidine groups is 1. The van der Waals surface area contributed by atoms with E-state index < -0.39 is 8.02 Å². The number of likely N-dealkylation sites (N-methyl/N-ethyl adjacent to an activating group) is 2. The van der Waals surface area contributed by atoms with Gasteiger partial charge in [-0.2, -0.15) is 0 Å². The fourth-order valence-electron chi connectivity index (χ4n) is 2.15. The number of halogens is 2. The van der Waals surface area contributed by atoms with Crippen molar-refractivity contribution in [3.8, 4) is 0 Å². The van der Waals surface area contributed by atoms with E-state index in [-0.39, 0.29) is 0 Å². The summed E-state index contributed by atoms with van der Waals surface area (Å²) in [6, 6.07) is 0. The summed E-state index contributed by atoms with van der Waals surface area (Å²) in [6.07, 6.45) is 0. The van der Waals surface area contributed by atoms with Crippen LogP contribution in [0.4, 0.5) is 8.22 Å². The summed E-state index contributed by atoms with van der Waals surface area (Å²) < 4.78 is 26.2. The molecule has 0 aromatic rings. The fourth-order valence-corrected chi connectivity index (χ4v) is 2.15. The molecule has 0 saturated heterocycles. The SMILES string of the molecule is CCN(CC)C1=[N+](CC)CCN1CC.C[Si-](C)(C)(F)F. The molecule has 1 aliphatic rings. The summed E-state index contributed by atoms with van der Waals surface area (Å²) in [5.74, 6) is 1.44. The number of rotatable bonds is 4. The van der Waals surface area contributed by atoms with Gasteiger partial charge in [-0.1, -0.05) is 0 Å². The predicted molar refractivity (Wildman–Crippen MR) is 86.4 cm³/mol. The fraction of sp³-hybridized carbons (Fsp3) is 0.929. The average molecular weight is 310 g/mol. The standard InChI is InChI=1S/C11H24N3.C3H9F2Si/c1-5-12(6-2)11-13(7-3)9-10-14(11)8-4;1-6(2,3,4)5/h5-10H2,1-4H3;1-3H3/q+1;-1. The Morgan fingerprint density at radius 2 is 1.55 bits per heavy atom. The van der Waals surface area contributed by atoms with Gasteiger partial charge in [-0.05, 0) is 27.7 Å². The monoisotopic (exact) mass is 309 g/mol. The van der Waals surface area contributed by atoms with Gasteiger partial charge in [-0.3, -0.25) is 14.4 Å². The van der Waals surface area contributed by atoms with Crippen molar-refractivity contribution < 1.29 is 12.8 Å². The van der Waals surface area contributed by atoms with E-state index in [2.05, 4.69) is 42.1 Å². The van der Waals surface area contributed by atoms with E-state index in [1.165, 1.54) is 19.0 Å². The van der Waals surface area contributed by atoms with E-state index in [1.54, 1.807) is 0 Å². The zero-order valence-electron chi connectivity index (χ0n) is 14.3. The van der Waals surface area contributed by atoms with Gasteiger partial charge in [0.25, 0.3) is 0 Å². The Morgan fingerprint density at radius 1 is 1.10 bits per heavy atom. The van der Waals surface area contributed by atoms with Gasteiger partial charge in [-0.15, -0.1) is 0 Å². The topological polar surface area (TPSA) is 9.49 Å². The zero-order chi connectivity index (χ0) is 16.0. The number of hydrogen-bond donors (Lipinski definition) is 0. The van der Waals surface area contributed by atoms with Crippen molar-refractivity contribution in [2.45, 2.75) is 47.3 Å². The first-order valence-corrected chi connectivity index (χ1v) is 11.5. The zero-order valence-corrected chi connectivity index (χ0v) is 15.3. The van der Waals surface area contributed by atoms with E-state index in [9.17, 15) is 8.22 Å². The molecule has 20 heavy (non-hydrogen) atoms. The molecule has 1 aliphatic heterocycles. The minimum atomic E-state index is -4.25. The van der Waals surface area contributed by atoms with Crippen LogP contribution in [-0.4, -0.2) is 67.6 Å². The van der Waals surface area contributed by atoms with Gasteiger partial charge < -0.3 is 0 Å². The molecule has 0 bridgehead atoms. The van der Waals surface area contributed by atoms with Crippen LogP contribution in [0, 0.1) is 0 Å². The second-order valence-corrected chi connectivity index (χ2v) is 11.7. The Balaban J connectivity index is 0.000000511. The van der Waals surface area contributed by atoms with Gasteiger partial charge in [0.05, 0.1) is 39.3 Å². The molecule has 0 aliphatic carbocycles. The van der Waals surface area contributed by atoms with Crippen molar-refractivity contribution in [3.63, 3.8) is 0 Å². The molecule has 0 radical (unpaired) electrons. The van der Waals surface area contributed by atoms with E-state index >= 15 is 0 Å². The summed E-state index contributed by atoms with van der Waals surface area (Å²) in [5, 5.41) is 0. The van der Waals surface area contributed by atoms with Crippen molar-refractivity contribution in [3.05, 3.63) is 0 Å². The molecule has 0 spiro atoms. The molecule has 0 amide bonds. The molecule has 0 N–H and O–H groups in total. The maximum atomic E-state index is 11.9. The van der Waals surface area contributed by atoms with Gasteiger partial charge in [0, 0.05) is 0 Å². The Morgan fingerprint density at radius 3 is 1.85 bits per heavy atom. The number of nitrogens with zero attached hydrogens (tertiary/aromatic N) is 3. The van der Waals surface area contributed by atoms with Crippen molar-refractivity contribution in [2.24, 2.45) is 0 Å². The van der Waals surface area contributed by atoms with E-state index in [1.807, 2.05) is 0 Å². The van der Waals surface area contributed by atoms with Gasteiger partial charge in [0.1, 0.15) is 0 Å². The van der Waals surface area contributed by atoms with E-state index in [0.29, 0.717) is 0 Å². The first-order valence-electron chi connectivity index (χ1n) is 7.77. The van der Waals surface area contributed by atoms with Crippen molar-refractivity contribution in [1.82, 2.24) is 9.80 Å². The third-order valence-corrected chi connectivity index (χ3v) is 3.02. The van der Waals surface area contributed by atoms with Gasteiger partial charge in [-0.25, -0.2) is 0 Å². The second kappa shape index (κ2) is 7.38. The molecular formula is C14H33F2N3Si. The summed E-state index contributed by atoms with van der Waals surface area (Å²) in [6.45, 7) is 18.9. The Kier molecular flexibility index (Phi) is 7.14. The van der Waals surface area contributed by atoms with Crippen molar-refractivity contribution in [2.75, 3.05) is 39.3 Å². The third-order valence-electron chi connectivity index (χ3n) is 3.02. The van der Waals surface area contributed by atoms with E-state index in [4.69, 9.17) is 0 Å².